The Hall–Kier alpha value is -4.58. The summed E-state index contributed by atoms with van der Waals surface area (Å²) >= 11 is 0. The Morgan fingerprint density at radius 1 is 0.905 bits per heavy atom. The molecule has 1 aliphatic heterocycles. The van der Waals surface area contributed by atoms with Gasteiger partial charge in [-0.2, -0.15) is 0 Å². The van der Waals surface area contributed by atoms with Crippen LogP contribution in [0.5, 0.6) is 17.2 Å². The predicted octanol–water partition coefficient (Wildman–Crippen LogP) is 8.53. The van der Waals surface area contributed by atoms with Crippen LogP contribution in [-0.4, -0.2) is 18.6 Å². The van der Waals surface area contributed by atoms with Gasteiger partial charge in [0, 0.05) is 40.9 Å². The van der Waals surface area contributed by atoms with E-state index in [0.717, 1.165) is 44.6 Å². The minimum atomic E-state index is -0.346. The van der Waals surface area contributed by atoms with Gasteiger partial charge in [-0.25, -0.2) is 4.39 Å². The number of hydrogen-bond donors (Lipinski definition) is 1. The fourth-order valence-electron chi connectivity index (χ4n) is 5.51. The maximum absolute atomic E-state index is 14.0. The van der Waals surface area contributed by atoms with Crippen molar-refractivity contribution in [3.05, 3.63) is 113 Å². The fourth-order valence-corrected chi connectivity index (χ4v) is 5.51. The molecule has 42 heavy (non-hydrogen) atoms. The topological polar surface area (TPSA) is 56.8 Å². The van der Waals surface area contributed by atoms with Crippen molar-refractivity contribution in [1.82, 2.24) is 0 Å². The van der Waals surface area contributed by atoms with E-state index in [9.17, 15) is 9.18 Å². The first kappa shape index (κ1) is 28.9. The van der Waals surface area contributed by atoms with Gasteiger partial charge in [-0.1, -0.05) is 48.5 Å². The molecule has 1 heterocycles. The Balaban J connectivity index is 1.48. The van der Waals surface area contributed by atoms with Crippen molar-refractivity contribution in [2.75, 3.05) is 12.4 Å². The summed E-state index contributed by atoms with van der Waals surface area (Å²) in [7, 11) is 1.60. The average molecular weight is 566 g/mol. The molecule has 0 saturated carbocycles. The van der Waals surface area contributed by atoms with Crippen molar-refractivity contribution < 1.29 is 23.4 Å². The van der Waals surface area contributed by atoms with Crippen molar-refractivity contribution in [3.63, 3.8) is 0 Å². The van der Waals surface area contributed by atoms with Crippen LogP contribution in [0.2, 0.25) is 0 Å². The zero-order valence-electron chi connectivity index (χ0n) is 24.7. The third-order valence-corrected chi connectivity index (χ3v) is 7.42. The number of esters is 1. The van der Waals surface area contributed by atoms with Crippen LogP contribution in [0.4, 0.5) is 10.1 Å². The maximum Gasteiger partial charge on any atom is 0.311 e. The van der Waals surface area contributed by atoms with Crippen molar-refractivity contribution in [1.29, 1.82) is 0 Å². The summed E-state index contributed by atoms with van der Waals surface area (Å²) in [6.45, 7) is 8.46. The largest absolute Gasteiger partial charge is 0.496 e. The maximum atomic E-state index is 14.0. The van der Waals surface area contributed by atoms with Gasteiger partial charge in [-0.05, 0) is 80.6 Å². The van der Waals surface area contributed by atoms with Gasteiger partial charge < -0.3 is 19.5 Å². The van der Waals surface area contributed by atoms with E-state index in [1.54, 1.807) is 25.3 Å². The SMILES string of the molecule is COc1cc(OC(=O)CCc2ccccc2)ccc1-c1ccc2c(c1COc1cc(F)ccc1C)C(C)=CC(C)(C)N2. The van der Waals surface area contributed by atoms with Gasteiger partial charge in [0.25, 0.3) is 0 Å². The summed E-state index contributed by atoms with van der Waals surface area (Å²) in [6.07, 6.45) is 3.08. The predicted molar refractivity (Wildman–Crippen MR) is 166 cm³/mol. The van der Waals surface area contributed by atoms with Crippen LogP contribution in [-0.2, 0) is 17.8 Å². The van der Waals surface area contributed by atoms with Gasteiger partial charge in [-0.3, -0.25) is 4.79 Å². The van der Waals surface area contributed by atoms with Gasteiger partial charge in [0.1, 0.15) is 29.7 Å². The van der Waals surface area contributed by atoms with Crippen molar-refractivity contribution in [2.45, 2.75) is 52.7 Å². The smallest absolute Gasteiger partial charge is 0.311 e. The zero-order valence-corrected chi connectivity index (χ0v) is 24.7. The molecule has 0 spiro atoms. The Morgan fingerprint density at radius 3 is 2.43 bits per heavy atom. The number of nitrogens with one attached hydrogen (secondary N) is 1. The Bertz CT molecular complexity index is 1640. The summed E-state index contributed by atoms with van der Waals surface area (Å²) in [6, 6.07) is 23.9. The number of carbonyl (C=O) groups is 1. The summed E-state index contributed by atoms with van der Waals surface area (Å²) in [5.74, 6) is 0.822. The molecule has 216 valence electrons. The number of benzene rings is 4. The third-order valence-electron chi connectivity index (χ3n) is 7.42. The molecule has 0 fully saturated rings. The molecule has 0 aliphatic carbocycles. The molecule has 1 N–H and O–H groups in total. The van der Waals surface area contributed by atoms with E-state index in [2.05, 4.69) is 38.2 Å². The van der Waals surface area contributed by atoms with Crippen LogP contribution in [0, 0.1) is 12.7 Å². The summed E-state index contributed by atoms with van der Waals surface area (Å²) in [5, 5.41) is 3.61. The molecular weight excluding hydrogens is 529 g/mol. The van der Waals surface area contributed by atoms with Gasteiger partial charge in [-0.15, -0.1) is 0 Å². The van der Waals surface area contributed by atoms with E-state index in [4.69, 9.17) is 14.2 Å². The number of carbonyl (C=O) groups excluding carboxylic acids is 1. The van der Waals surface area contributed by atoms with Crippen LogP contribution in [0.15, 0.2) is 84.9 Å². The van der Waals surface area contributed by atoms with Crippen LogP contribution < -0.4 is 19.5 Å². The number of ether oxygens (including phenoxy) is 3. The zero-order chi connectivity index (χ0) is 29.9. The molecule has 4 aromatic rings. The molecule has 4 aromatic carbocycles. The average Bonchev–Trinajstić information content (AvgIpc) is 2.96. The van der Waals surface area contributed by atoms with E-state index >= 15 is 0 Å². The van der Waals surface area contributed by atoms with E-state index < -0.39 is 0 Å². The summed E-state index contributed by atoms with van der Waals surface area (Å²) < 4.78 is 31.7. The minimum absolute atomic E-state index is 0.209. The quantitative estimate of drug-likeness (QED) is 0.163. The second-order valence-electron chi connectivity index (χ2n) is 11.2. The van der Waals surface area contributed by atoms with E-state index in [1.165, 1.54) is 12.1 Å². The number of rotatable bonds is 9. The monoisotopic (exact) mass is 565 g/mol. The van der Waals surface area contributed by atoms with Gasteiger partial charge >= 0.3 is 5.97 Å². The van der Waals surface area contributed by atoms with Crippen LogP contribution in [0.1, 0.15) is 49.4 Å². The molecule has 6 heteroatoms. The molecule has 1 aliphatic rings. The standard InChI is InChI=1S/C36H36FNO4/c1-23-11-13-26(37)19-32(23)41-22-30-28(16-17-31-35(30)24(2)21-36(3,4)38-31)29-15-14-27(20-33(29)40-5)42-34(39)18-12-25-9-7-6-8-10-25/h6-11,13-17,19-21,38H,12,18,22H2,1-5H3. The van der Waals surface area contributed by atoms with Gasteiger partial charge in [0.05, 0.1) is 12.6 Å². The van der Waals surface area contributed by atoms with Crippen LogP contribution in [0.3, 0.4) is 0 Å². The molecule has 0 amide bonds. The fraction of sp³-hybridized carbons (Fsp3) is 0.250. The van der Waals surface area contributed by atoms with Crippen molar-refractivity contribution in [3.8, 4) is 28.4 Å². The molecule has 0 aromatic heterocycles. The first-order valence-corrected chi connectivity index (χ1v) is 14.1. The Morgan fingerprint density at radius 2 is 1.67 bits per heavy atom. The van der Waals surface area contributed by atoms with E-state index in [0.29, 0.717) is 23.7 Å². The highest BCUT2D eigenvalue weighted by Crippen LogP contribution is 2.43. The number of aryl methyl sites for hydroxylation is 2. The second-order valence-corrected chi connectivity index (χ2v) is 11.2. The highest BCUT2D eigenvalue weighted by molar-refractivity contribution is 5.88. The lowest BCUT2D eigenvalue weighted by Gasteiger charge is -2.33. The molecule has 5 nitrogen and oxygen atoms in total. The number of anilines is 1. The second kappa shape index (κ2) is 12.1. The van der Waals surface area contributed by atoms with Crippen molar-refractivity contribution >= 4 is 17.2 Å². The van der Waals surface area contributed by atoms with Crippen LogP contribution >= 0.6 is 0 Å². The number of halogens is 1. The molecule has 5 rings (SSSR count). The molecule has 0 unspecified atom stereocenters. The number of allylic oxidation sites excluding steroid dienone is 1. The number of methoxy groups -OCH3 is 1. The minimum Gasteiger partial charge on any atom is -0.496 e. The number of fused-ring (bicyclic) bond motifs is 1. The van der Waals surface area contributed by atoms with E-state index in [-0.39, 0.29) is 30.4 Å². The Labute approximate surface area is 247 Å². The molecular formula is C36H36FNO4. The lowest BCUT2D eigenvalue weighted by atomic mass is 9.85. The molecule has 0 bridgehead atoms. The molecule has 0 saturated heterocycles. The Kier molecular flexibility index (Phi) is 8.34. The number of hydrogen-bond acceptors (Lipinski definition) is 5. The highest BCUT2D eigenvalue weighted by atomic mass is 19.1. The summed E-state index contributed by atoms with van der Waals surface area (Å²) in [4.78, 5) is 12.6. The third kappa shape index (κ3) is 6.49. The van der Waals surface area contributed by atoms with E-state index in [1.807, 2.05) is 49.4 Å². The lowest BCUT2D eigenvalue weighted by molar-refractivity contribution is -0.134. The molecule has 0 radical (unpaired) electrons. The van der Waals surface area contributed by atoms with Gasteiger partial charge in [0.15, 0.2) is 0 Å². The molecule has 0 atom stereocenters. The van der Waals surface area contributed by atoms with Crippen molar-refractivity contribution in [2.24, 2.45) is 0 Å². The highest BCUT2D eigenvalue weighted by Gasteiger charge is 2.27. The first-order valence-electron chi connectivity index (χ1n) is 14.1. The first-order chi connectivity index (χ1) is 20.1. The van der Waals surface area contributed by atoms with Crippen LogP contribution in [0.25, 0.3) is 16.7 Å². The normalized spacial score (nSPS) is 13.4. The van der Waals surface area contributed by atoms with Gasteiger partial charge in [0.2, 0.25) is 0 Å². The lowest BCUT2D eigenvalue weighted by Crippen LogP contribution is -2.32. The summed E-state index contributed by atoms with van der Waals surface area (Å²) in [5.41, 5.74) is 7.57.